The normalized spacial score (nSPS) is 12.6. The zero-order valence-corrected chi connectivity index (χ0v) is 18.3. The van der Waals surface area contributed by atoms with Gasteiger partial charge in [0.2, 0.25) is 16.8 Å². The van der Waals surface area contributed by atoms with Crippen LogP contribution >= 0.6 is 11.8 Å². The first-order valence-corrected chi connectivity index (χ1v) is 10.4. The molecule has 4 rings (SSSR count). The van der Waals surface area contributed by atoms with Crippen LogP contribution in [0, 0.1) is 0 Å². The van der Waals surface area contributed by atoms with E-state index in [4.69, 9.17) is 19.3 Å². The molecular formula is C21H21N5O4S. The maximum absolute atomic E-state index is 11.2. The number of thioether (sulfide) groups is 1. The molecule has 10 heteroatoms. The average molecular weight is 439 g/mol. The van der Waals surface area contributed by atoms with Crippen LogP contribution < -0.4 is 19.5 Å². The summed E-state index contributed by atoms with van der Waals surface area (Å²) in [6.07, 6.45) is 0. The zero-order valence-electron chi connectivity index (χ0n) is 17.5. The molecule has 0 bridgehead atoms. The molecule has 0 spiro atoms. The molecule has 160 valence electrons. The molecule has 2 heterocycles. The summed E-state index contributed by atoms with van der Waals surface area (Å²) >= 11 is 1.55. The molecule has 0 radical (unpaired) electrons. The highest BCUT2D eigenvalue weighted by Crippen LogP contribution is 2.41. The summed E-state index contributed by atoms with van der Waals surface area (Å²) in [5, 5.41) is 16.8. The van der Waals surface area contributed by atoms with Gasteiger partial charge in [0, 0.05) is 23.9 Å². The zero-order chi connectivity index (χ0) is 22.0. The number of carbonyl (C=O) groups excluding carboxylic acids is 1. The van der Waals surface area contributed by atoms with Crippen LogP contribution in [0.25, 0.3) is 11.4 Å². The van der Waals surface area contributed by atoms with Gasteiger partial charge in [-0.05, 0) is 29.8 Å². The van der Waals surface area contributed by atoms with Gasteiger partial charge in [0.05, 0.1) is 27.0 Å². The Kier molecular flexibility index (Phi) is 5.81. The Balaban J connectivity index is 1.73. The summed E-state index contributed by atoms with van der Waals surface area (Å²) in [5.74, 6) is 2.67. The molecule has 0 saturated carbocycles. The van der Waals surface area contributed by atoms with Crippen LogP contribution in [0.5, 0.6) is 17.2 Å². The fraction of sp³-hybridized carbons (Fsp3) is 0.238. The molecule has 1 aliphatic rings. The molecule has 31 heavy (non-hydrogen) atoms. The van der Waals surface area contributed by atoms with Crippen LogP contribution in [0.15, 0.2) is 46.7 Å². The second kappa shape index (κ2) is 8.68. The lowest BCUT2D eigenvalue weighted by atomic mass is 10.1. The number of ether oxygens (including phenoxy) is 3. The number of hydrogen-bond acceptors (Lipinski definition) is 8. The number of benzene rings is 2. The van der Waals surface area contributed by atoms with E-state index in [1.165, 1.54) is 6.92 Å². The maximum atomic E-state index is 11.2. The van der Waals surface area contributed by atoms with Crippen LogP contribution in [-0.4, -0.2) is 53.6 Å². The van der Waals surface area contributed by atoms with Crippen molar-refractivity contribution < 1.29 is 19.0 Å². The largest absolute Gasteiger partial charge is 0.493 e. The van der Waals surface area contributed by atoms with Crippen LogP contribution in [-0.2, 0) is 4.79 Å². The van der Waals surface area contributed by atoms with Crippen LogP contribution in [0.1, 0.15) is 12.5 Å². The molecule has 1 aliphatic heterocycles. The predicted octanol–water partition coefficient (Wildman–Crippen LogP) is 3.29. The molecular weight excluding hydrogens is 418 g/mol. The van der Waals surface area contributed by atoms with Gasteiger partial charge in [-0.2, -0.15) is 9.78 Å². The first-order chi connectivity index (χ1) is 15.0. The minimum absolute atomic E-state index is 0.109. The van der Waals surface area contributed by atoms with Crippen LogP contribution in [0.2, 0.25) is 0 Å². The van der Waals surface area contributed by atoms with Crippen molar-refractivity contribution in [3.8, 4) is 28.6 Å². The number of methoxy groups -OCH3 is 3. The highest BCUT2D eigenvalue weighted by molar-refractivity contribution is 7.99. The Morgan fingerprint density at radius 2 is 1.68 bits per heavy atom. The van der Waals surface area contributed by atoms with E-state index in [9.17, 15) is 4.79 Å². The molecule has 1 N–H and O–H groups in total. The quantitative estimate of drug-likeness (QED) is 0.629. The second-order valence-electron chi connectivity index (χ2n) is 6.63. The van der Waals surface area contributed by atoms with Gasteiger partial charge in [0.25, 0.3) is 0 Å². The van der Waals surface area contributed by atoms with Crippen molar-refractivity contribution in [1.82, 2.24) is 14.9 Å². The van der Waals surface area contributed by atoms with Crippen molar-refractivity contribution in [2.75, 3.05) is 32.4 Å². The van der Waals surface area contributed by atoms with E-state index >= 15 is 0 Å². The van der Waals surface area contributed by atoms with E-state index in [1.54, 1.807) is 37.8 Å². The Morgan fingerprint density at radius 1 is 1.00 bits per heavy atom. The molecule has 1 aromatic heterocycles. The SMILES string of the molecule is COc1cc(-c2nnc3n2N=C(c2ccc(NC(C)=O)cc2)CS3)cc(OC)c1OC. The first kappa shape index (κ1) is 20.7. The fourth-order valence-corrected chi connectivity index (χ4v) is 4.05. The molecule has 0 atom stereocenters. The van der Waals surface area contributed by atoms with Gasteiger partial charge >= 0.3 is 0 Å². The molecule has 3 aromatic rings. The topological polar surface area (TPSA) is 99.9 Å². The predicted molar refractivity (Wildman–Crippen MR) is 119 cm³/mol. The third-order valence-electron chi connectivity index (χ3n) is 4.63. The molecule has 2 aromatic carbocycles. The lowest BCUT2D eigenvalue weighted by Crippen LogP contribution is -2.14. The van der Waals surface area contributed by atoms with Crippen molar-refractivity contribution in [2.45, 2.75) is 12.1 Å². The monoisotopic (exact) mass is 439 g/mol. The standard InChI is InChI=1S/C21H21N5O4S/c1-12(27)22-15-7-5-13(6-8-15)16-11-31-21-24-23-20(26(21)25-16)14-9-17(28-2)19(30-4)18(10-14)29-3/h5-10H,11H2,1-4H3,(H,22,27). The lowest BCUT2D eigenvalue weighted by molar-refractivity contribution is -0.114. The summed E-state index contributed by atoms with van der Waals surface area (Å²) < 4.78 is 18.0. The van der Waals surface area contributed by atoms with Gasteiger partial charge in [-0.3, -0.25) is 4.79 Å². The molecule has 1 amide bonds. The maximum Gasteiger partial charge on any atom is 0.221 e. The number of nitrogens with zero attached hydrogens (tertiary/aromatic N) is 4. The van der Waals surface area contributed by atoms with Gasteiger partial charge in [0.15, 0.2) is 17.3 Å². The van der Waals surface area contributed by atoms with Crippen molar-refractivity contribution in [3.05, 3.63) is 42.0 Å². The van der Waals surface area contributed by atoms with Gasteiger partial charge in [-0.25, -0.2) is 0 Å². The Bertz CT molecular complexity index is 1130. The van der Waals surface area contributed by atoms with Gasteiger partial charge in [-0.1, -0.05) is 23.9 Å². The van der Waals surface area contributed by atoms with E-state index in [0.29, 0.717) is 34.0 Å². The van der Waals surface area contributed by atoms with Gasteiger partial charge in [-0.15, -0.1) is 10.2 Å². The van der Waals surface area contributed by atoms with Gasteiger partial charge < -0.3 is 19.5 Å². The van der Waals surface area contributed by atoms with Crippen LogP contribution in [0.3, 0.4) is 0 Å². The van der Waals surface area contributed by atoms with E-state index in [1.807, 2.05) is 36.4 Å². The highest BCUT2D eigenvalue weighted by atomic mass is 32.2. The van der Waals surface area contributed by atoms with Crippen molar-refractivity contribution in [1.29, 1.82) is 0 Å². The number of amides is 1. The number of carbonyl (C=O) groups is 1. The van der Waals surface area contributed by atoms with E-state index in [-0.39, 0.29) is 5.91 Å². The number of hydrogen-bond donors (Lipinski definition) is 1. The van der Waals surface area contributed by atoms with E-state index in [0.717, 1.165) is 22.5 Å². The third kappa shape index (κ3) is 4.06. The molecule has 0 fully saturated rings. The summed E-state index contributed by atoms with van der Waals surface area (Å²) in [6.45, 7) is 1.48. The number of anilines is 1. The summed E-state index contributed by atoms with van der Waals surface area (Å²) in [4.78, 5) is 11.2. The third-order valence-corrected chi connectivity index (χ3v) is 5.56. The van der Waals surface area contributed by atoms with E-state index in [2.05, 4.69) is 15.5 Å². The molecule has 9 nitrogen and oxygen atoms in total. The minimum Gasteiger partial charge on any atom is -0.493 e. The molecule has 0 saturated heterocycles. The smallest absolute Gasteiger partial charge is 0.221 e. The summed E-state index contributed by atoms with van der Waals surface area (Å²) in [7, 11) is 4.69. The number of fused-ring (bicyclic) bond motifs is 1. The summed E-state index contributed by atoms with van der Waals surface area (Å²) in [6, 6.07) is 11.2. The number of nitrogens with one attached hydrogen (secondary N) is 1. The minimum atomic E-state index is -0.109. The van der Waals surface area contributed by atoms with Crippen molar-refractivity contribution in [2.24, 2.45) is 5.10 Å². The molecule has 0 unspecified atom stereocenters. The number of aromatic nitrogens is 3. The first-order valence-electron chi connectivity index (χ1n) is 9.38. The van der Waals surface area contributed by atoms with Crippen molar-refractivity contribution >= 4 is 29.1 Å². The molecule has 0 aliphatic carbocycles. The second-order valence-corrected chi connectivity index (χ2v) is 7.57. The van der Waals surface area contributed by atoms with E-state index < -0.39 is 0 Å². The number of rotatable bonds is 6. The average Bonchev–Trinajstić information content (AvgIpc) is 3.21. The Labute approximate surface area is 183 Å². The van der Waals surface area contributed by atoms with Crippen LogP contribution in [0.4, 0.5) is 5.69 Å². The Morgan fingerprint density at radius 3 is 2.26 bits per heavy atom. The summed E-state index contributed by atoms with van der Waals surface area (Å²) in [5.41, 5.74) is 3.31. The fourth-order valence-electron chi connectivity index (χ4n) is 3.21. The highest BCUT2D eigenvalue weighted by Gasteiger charge is 2.23. The van der Waals surface area contributed by atoms with Gasteiger partial charge in [0.1, 0.15) is 0 Å². The lowest BCUT2D eigenvalue weighted by Gasteiger charge is -2.16. The Hall–Kier alpha value is -3.53. The van der Waals surface area contributed by atoms with Crippen molar-refractivity contribution in [3.63, 3.8) is 0 Å².